The summed E-state index contributed by atoms with van der Waals surface area (Å²) in [5.74, 6) is -7.90. The molecule has 12 N–H and O–H groups in total. The van der Waals surface area contributed by atoms with Gasteiger partial charge in [-0.3, -0.25) is 38.4 Å². The average molecular weight is 1050 g/mol. The van der Waals surface area contributed by atoms with Crippen LogP contribution in [-0.2, 0) is 57.6 Å². The van der Waals surface area contributed by atoms with E-state index in [1.807, 2.05) is 57.3 Å². The van der Waals surface area contributed by atoms with E-state index in [0.29, 0.717) is 19.1 Å². The standard InChI is InChI=1S/C39H52I2N8O10/c1-18(2)30(36(57)44-17-28(43)50)48-37(58)31(19(3)4)47-35(56)27(15-29(51)52)46-38(59)39(11-10-22-8-6-7-9-23(22)16-39)49-33(54)20(5)45-34(55)26(42)14-21-12-24(40)32(53)25(41)13-21/h6-9,12-13,18-20,26-27,30-31,53H,10-11,14-17,42H2,1-5H3,(H2,43,50)(H,44,57)(H,45,55)(H,46,59)(H,47,56)(H,48,58)(H,49,54)(H,51,52)/t20-,26+,27+,30+,31+,39+/m1/s1. The second-order valence-electron chi connectivity index (χ2n) is 15.2. The van der Waals surface area contributed by atoms with E-state index >= 15 is 0 Å². The highest BCUT2D eigenvalue weighted by atomic mass is 127. The number of aliphatic carboxylic acids is 1. The van der Waals surface area contributed by atoms with Crippen LogP contribution in [0.25, 0.3) is 0 Å². The maximum absolute atomic E-state index is 14.4. The van der Waals surface area contributed by atoms with E-state index in [2.05, 4.69) is 31.9 Å². The van der Waals surface area contributed by atoms with Crippen LogP contribution in [0.5, 0.6) is 5.75 Å². The number of phenolic OH excluding ortho intramolecular Hbond substituents is 1. The molecule has 0 bridgehead atoms. The van der Waals surface area contributed by atoms with Gasteiger partial charge in [-0.1, -0.05) is 52.0 Å². The van der Waals surface area contributed by atoms with E-state index < -0.39 is 108 Å². The Balaban J connectivity index is 1.83. The number of hydrogen-bond acceptors (Lipinski definition) is 10. The van der Waals surface area contributed by atoms with Crippen molar-refractivity contribution >= 4 is 92.5 Å². The molecule has 2 aromatic carbocycles. The largest absolute Gasteiger partial charge is 0.506 e. The number of carboxylic acid groups (broad SMARTS) is 1. The van der Waals surface area contributed by atoms with Crippen LogP contribution < -0.4 is 43.4 Å². The Morgan fingerprint density at radius 2 is 1.34 bits per heavy atom. The lowest BCUT2D eigenvalue weighted by atomic mass is 9.77. The van der Waals surface area contributed by atoms with Crippen molar-refractivity contribution in [2.45, 2.75) is 102 Å². The Kier molecular flexibility index (Phi) is 17.9. The number of aromatic hydroxyl groups is 1. The minimum Gasteiger partial charge on any atom is -0.506 e. The van der Waals surface area contributed by atoms with Crippen molar-refractivity contribution in [3.63, 3.8) is 0 Å². The first-order valence-corrected chi connectivity index (χ1v) is 21.0. The molecule has 0 heterocycles. The molecule has 2 aromatic rings. The van der Waals surface area contributed by atoms with Gasteiger partial charge in [0.1, 0.15) is 35.5 Å². The number of primary amides is 1. The van der Waals surface area contributed by atoms with E-state index in [0.717, 1.165) is 11.1 Å². The van der Waals surface area contributed by atoms with Gasteiger partial charge in [-0.2, -0.15) is 0 Å². The van der Waals surface area contributed by atoms with Gasteiger partial charge in [-0.05, 0) is 112 Å². The fourth-order valence-electron chi connectivity index (χ4n) is 6.44. The number of aryl methyl sites for hydroxylation is 1. The highest BCUT2D eigenvalue weighted by molar-refractivity contribution is 14.1. The zero-order valence-electron chi connectivity index (χ0n) is 33.3. The van der Waals surface area contributed by atoms with Crippen molar-refractivity contribution in [3.05, 3.63) is 60.2 Å². The summed E-state index contributed by atoms with van der Waals surface area (Å²) in [5.41, 5.74) is 11.9. The van der Waals surface area contributed by atoms with Gasteiger partial charge in [0.15, 0.2) is 0 Å². The predicted molar refractivity (Wildman–Crippen MR) is 232 cm³/mol. The molecule has 0 aromatic heterocycles. The minimum atomic E-state index is -1.72. The molecule has 0 spiro atoms. The molecule has 0 unspecified atom stereocenters. The zero-order valence-corrected chi connectivity index (χ0v) is 37.6. The second-order valence-corrected chi connectivity index (χ2v) is 17.6. The second kappa shape index (κ2) is 21.6. The van der Waals surface area contributed by atoms with Crippen LogP contribution in [-0.4, -0.2) is 99.8 Å². The minimum absolute atomic E-state index is 0.0358. The monoisotopic (exact) mass is 1050 g/mol. The molecule has 0 radical (unpaired) electrons. The number of phenols is 1. The SMILES string of the molecule is CC(C)[C@H](NC(=O)[C@H](CC(=O)O)NC(=O)[C@]1(NC(=O)[C@@H](C)NC(=O)[C@@H](N)Cc2cc(I)c(O)c(I)c2)CCc2ccccc2C1)C(=O)N[C@H](C(=O)NCC(N)=O)C(C)C. The average Bonchev–Trinajstić information content (AvgIpc) is 3.15. The van der Waals surface area contributed by atoms with Crippen LogP contribution in [0.15, 0.2) is 36.4 Å². The van der Waals surface area contributed by atoms with Crippen molar-refractivity contribution in [3.8, 4) is 5.75 Å². The number of carbonyl (C=O) groups excluding carboxylic acids is 7. The van der Waals surface area contributed by atoms with Crippen LogP contribution in [0.1, 0.15) is 64.2 Å². The number of carbonyl (C=O) groups is 8. The predicted octanol–water partition coefficient (Wildman–Crippen LogP) is -0.138. The summed E-state index contributed by atoms with van der Waals surface area (Å²) in [6, 6.07) is 4.24. The summed E-state index contributed by atoms with van der Waals surface area (Å²) >= 11 is 3.93. The molecule has 6 atom stereocenters. The Morgan fingerprint density at radius 1 is 0.780 bits per heavy atom. The summed E-state index contributed by atoms with van der Waals surface area (Å²) in [7, 11) is 0. The third-order valence-corrected chi connectivity index (χ3v) is 11.4. The summed E-state index contributed by atoms with van der Waals surface area (Å²) in [6.07, 6.45) is -0.446. The number of rotatable bonds is 19. The Labute approximate surface area is 369 Å². The number of nitrogens with two attached hydrogens (primary N) is 2. The number of carboxylic acids is 1. The van der Waals surface area contributed by atoms with Gasteiger partial charge >= 0.3 is 5.97 Å². The summed E-state index contributed by atoms with van der Waals surface area (Å²) < 4.78 is 1.16. The highest BCUT2D eigenvalue weighted by Crippen LogP contribution is 2.30. The summed E-state index contributed by atoms with van der Waals surface area (Å²) in [4.78, 5) is 105. The summed E-state index contributed by atoms with van der Waals surface area (Å²) in [5, 5.41) is 35.2. The topological polar surface area (TPSA) is 301 Å². The maximum Gasteiger partial charge on any atom is 0.305 e. The van der Waals surface area contributed by atoms with Gasteiger partial charge in [-0.25, -0.2) is 0 Å². The van der Waals surface area contributed by atoms with Crippen molar-refractivity contribution in [2.75, 3.05) is 6.54 Å². The molecule has 322 valence electrons. The number of benzene rings is 2. The molecular weight excluding hydrogens is 994 g/mol. The Morgan fingerprint density at radius 3 is 1.90 bits per heavy atom. The number of amides is 7. The van der Waals surface area contributed by atoms with Crippen LogP contribution in [0.4, 0.5) is 0 Å². The number of halogens is 2. The third kappa shape index (κ3) is 13.7. The Hall–Kier alpha value is -4.58. The van der Waals surface area contributed by atoms with Gasteiger partial charge in [0.25, 0.3) is 0 Å². The molecular formula is C39H52I2N8O10. The lowest BCUT2D eigenvalue weighted by Gasteiger charge is -2.39. The van der Waals surface area contributed by atoms with Crippen molar-refractivity contribution in [1.29, 1.82) is 0 Å². The van der Waals surface area contributed by atoms with E-state index in [4.69, 9.17) is 11.5 Å². The van der Waals surface area contributed by atoms with Crippen molar-refractivity contribution in [2.24, 2.45) is 23.3 Å². The first kappa shape index (κ1) is 48.8. The van der Waals surface area contributed by atoms with Crippen LogP contribution >= 0.6 is 45.2 Å². The first-order chi connectivity index (χ1) is 27.5. The normalized spacial score (nSPS) is 17.3. The number of nitrogens with one attached hydrogen (secondary N) is 6. The molecule has 0 fully saturated rings. The molecule has 1 aliphatic rings. The third-order valence-electron chi connectivity index (χ3n) is 9.78. The molecule has 59 heavy (non-hydrogen) atoms. The van der Waals surface area contributed by atoms with Gasteiger partial charge in [-0.15, -0.1) is 0 Å². The summed E-state index contributed by atoms with van der Waals surface area (Å²) in [6.45, 7) is 7.47. The smallest absolute Gasteiger partial charge is 0.305 e. The van der Waals surface area contributed by atoms with Gasteiger partial charge in [0.2, 0.25) is 41.4 Å². The van der Waals surface area contributed by atoms with Crippen molar-refractivity contribution < 1.29 is 48.6 Å². The van der Waals surface area contributed by atoms with E-state index in [-0.39, 0.29) is 25.0 Å². The van der Waals surface area contributed by atoms with Crippen LogP contribution in [0.3, 0.4) is 0 Å². The molecule has 18 nitrogen and oxygen atoms in total. The fourth-order valence-corrected chi connectivity index (χ4v) is 8.33. The van der Waals surface area contributed by atoms with Crippen LogP contribution in [0, 0.1) is 19.0 Å². The molecule has 1 aliphatic carbocycles. The number of hydrogen-bond donors (Lipinski definition) is 10. The van der Waals surface area contributed by atoms with E-state index in [1.165, 1.54) is 6.92 Å². The number of fused-ring (bicyclic) bond motifs is 1. The molecule has 0 saturated carbocycles. The molecule has 7 amide bonds. The quantitative estimate of drug-likeness (QED) is 0.0827. The molecule has 0 saturated heterocycles. The van der Waals surface area contributed by atoms with Gasteiger partial charge < -0.3 is 53.6 Å². The van der Waals surface area contributed by atoms with Crippen LogP contribution in [0.2, 0.25) is 0 Å². The maximum atomic E-state index is 14.4. The van der Waals surface area contributed by atoms with Gasteiger partial charge in [0, 0.05) is 6.42 Å². The Bertz CT molecular complexity index is 1920. The lowest BCUT2D eigenvalue weighted by molar-refractivity contribution is -0.143. The van der Waals surface area contributed by atoms with E-state index in [9.17, 15) is 48.6 Å². The first-order valence-electron chi connectivity index (χ1n) is 18.9. The molecule has 0 aliphatic heterocycles. The molecule has 3 rings (SSSR count). The highest BCUT2D eigenvalue weighted by Gasteiger charge is 2.45. The lowest BCUT2D eigenvalue weighted by Crippen LogP contribution is -2.67. The van der Waals surface area contributed by atoms with Crippen molar-refractivity contribution in [1.82, 2.24) is 31.9 Å². The van der Waals surface area contributed by atoms with E-state index in [1.54, 1.807) is 52.0 Å². The molecule has 20 heteroatoms. The zero-order chi connectivity index (χ0) is 44.4. The van der Waals surface area contributed by atoms with Gasteiger partial charge in [0.05, 0.1) is 26.1 Å². The fraction of sp³-hybridized carbons (Fsp3) is 0.487.